The fourth-order valence-electron chi connectivity index (χ4n) is 1.82. The van der Waals surface area contributed by atoms with E-state index in [0.29, 0.717) is 12.0 Å². The molecule has 0 aliphatic heterocycles. The number of ketones is 1. The average molecular weight is 262 g/mol. The van der Waals surface area contributed by atoms with Gasteiger partial charge in [-0.15, -0.1) is 0 Å². The fourth-order valence-corrected chi connectivity index (χ4v) is 1.82. The third-order valence-corrected chi connectivity index (χ3v) is 2.99. The zero-order chi connectivity index (χ0) is 14.1. The van der Waals surface area contributed by atoms with Gasteiger partial charge in [0, 0.05) is 6.42 Å². The van der Waals surface area contributed by atoms with Crippen molar-refractivity contribution in [2.45, 2.75) is 45.4 Å². The molecular formula is C16H22O3. The lowest BCUT2D eigenvalue weighted by atomic mass is 10.1. The summed E-state index contributed by atoms with van der Waals surface area (Å²) in [5, 5.41) is 18.5. The van der Waals surface area contributed by atoms with E-state index in [1.54, 1.807) is 12.1 Å². The number of hydrogen-bond donors (Lipinski definition) is 2. The molecule has 0 heterocycles. The van der Waals surface area contributed by atoms with Crippen LogP contribution >= 0.6 is 0 Å². The lowest BCUT2D eigenvalue weighted by Crippen LogP contribution is -1.92. The van der Waals surface area contributed by atoms with Crippen LogP contribution in [0, 0.1) is 0 Å². The van der Waals surface area contributed by atoms with Crippen molar-refractivity contribution in [3.05, 3.63) is 29.8 Å². The van der Waals surface area contributed by atoms with Crippen molar-refractivity contribution in [2.24, 2.45) is 0 Å². The highest BCUT2D eigenvalue weighted by Crippen LogP contribution is 2.25. The predicted octanol–water partition coefficient (Wildman–Crippen LogP) is 4.04. The fraction of sp³-hybridized carbons (Fsp3) is 0.438. The summed E-state index contributed by atoms with van der Waals surface area (Å²) in [7, 11) is 0. The van der Waals surface area contributed by atoms with Crippen LogP contribution in [0.5, 0.6) is 11.5 Å². The van der Waals surface area contributed by atoms with E-state index in [1.165, 1.54) is 37.5 Å². The maximum Gasteiger partial charge on any atom is 0.157 e. The molecule has 0 atom stereocenters. The molecule has 1 rings (SSSR count). The summed E-state index contributed by atoms with van der Waals surface area (Å²) in [4.78, 5) is 11.6. The SMILES string of the molecule is CCCCCCCC(=O)/C=C/c1ccc(O)c(O)c1. The van der Waals surface area contributed by atoms with E-state index in [0.717, 1.165) is 12.8 Å². The Morgan fingerprint density at radius 3 is 2.53 bits per heavy atom. The minimum atomic E-state index is -0.172. The summed E-state index contributed by atoms with van der Waals surface area (Å²) in [5.41, 5.74) is 0.703. The summed E-state index contributed by atoms with van der Waals surface area (Å²) in [6, 6.07) is 4.49. The summed E-state index contributed by atoms with van der Waals surface area (Å²) < 4.78 is 0. The molecule has 0 amide bonds. The molecular weight excluding hydrogens is 240 g/mol. The van der Waals surface area contributed by atoms with Crippen LogP contribution in [0.3, 0.4) is 0 Å². The van der Waals surface area contributed by atoms with E-state index in [9.17, 15) is 9.90 Å². The third-order valence-electron chi connectivity index (χ3n) is 2.99. The minimum absolute atomic E-state index is 0.101. The first-order valence-electron chi connectivity index (χ1n) is 6.86. The molecule has 1 aromatic carbocycles. The van der Waals surface area contributed by atoms with Crippen LogP contribution in [-0.4, -0.2) is 16.0 Å². The molecule has 2 N–H and O–H groups in total. The normalized spacial score (nSPS) is 11.0. The second-order valence-corrected chi connectivity index (χ2v) is 4.71. The minimum Gasteiger partial charge on any atom is -0.504 e. The number of allylic oxidation sites excluding steroid dienone is 1. The van der Waals surface area contributed by atoms with Gasteiger partial charge in [-0.05, 0) is 30.2 Å². The largest absolute Gasteiger partial charge is 0.504 e. The highest BCUT2D eigenvalue weighted by molar-refractivity contribution is 5.93. The molecule has 0 aliphatic carbocycles. The summed E-state index contributed by atoms with van der Waals surface area (Å²) in [6.07, 6.45) is 9.44. The zero-order valence-electron chi connectivity index (χ0n) is 11.4. The van der Waals surface area contributed by atoms with Gasteiger partial charge in [0.05, 0.1) is 0 Å². The number of phenols is 2. The molecule has 1 aromatic rings. The van der Waals surface area contributed by atoms with E-state index >= 15 is 0 Å². The van der Waals surface area contributed by atoms with E-state index in [2.05, 4.69) is 6.92 Å². The zero-order valence-corrected chi connectivity index (χ0v) is 11.4. The van der Waals surface area contributed by atoms with Crippen molar-refractivity contribution in [2.75, 3.05) is 0 Å². The molecule has 0 unspecified atom stereocenters. The topological polar surface area (TPSA) is 57.5 Å². The van der Waals surface area contributed by atoms with Crippen LogP contribution in [0.2, 0.25) is 0 Å². The van der Waals surface area contributed by atoms with E-state index < -0.39 is 0 Å². The first kappa shape index (κ1) is 15.3. The second kappa shape index (κ2) is 8.35. The van der Waals surface area contributed by atoms with Crippen molar-refractivity contribution >= 4 is 11.9 Å². The molecule has 104 valence electrons. The Kier molecular flexibility index (Phi) is 6.72. The van der Waals surface area contributed by atoms with Gasteiger partial charge in [0.2, 0.25) is 0 Å². The van der Waals surface area contributed by atoms with Crippen molar-refractivity contribution in [1.82, 2.24) is 0 Å². The smallest absolute Gasteiger partial charge is 0.157 e. The van der Waals surface area contributed by atoms with E-state index in [1.807, 2.05) is 0 Å². The third kappa shape index (κ3) is 6.09. The Labute approximate surface area is 114 Å². The molecule has 0 aliphatic rings. The van der Waals surface area contributed by atoms with E-state index in [-0.39, 0.29) is 17.3 Å². The summed E-state index contributed by atoms with van der Waals surface area (Å²) in [6.45, 7) is 2.17. The number of rotatable bonds is 8. The van der Waals surface area contributed by atoms with Gasteiger partial charge < -0.3 is 10.2 Å². The molecule has 0 saturated carbocycles. The van der Waals surface area contributed by atoms with Crippen LogP contribution in [0.1, 0.15) is 51.0 Å². The number of aromatic hydroxyl groups is 2. The average Bonchev–Trinajstić information content (AvgIpc) is 2.40. The molecule has 0 radical (unpaired) electrons. The van der Waals surface area contributed by atoms with Crippen LogP contribution in [0.25, 0.3) is 6.08 Å². The highest BCUT2D eigenvalue weighted by atomic mass is 16.3. The molecule has 0 bridgehead atoms. The van der Waals surface area contributed by atoms with Gasteiger partial charge in [0.1, 0.15) is 0 Å². The summed E-state index contributed by atoms with van der Waals surface area (Å²) in [5.74, 6) is -0.224. The first-order chi connectivity index (χ1) is 9.13. The maximum atomic E-state index is 11.6. The highest BCUT2D eigenvalue weighted by Gasteiger charge is 2.00. The summed E-state index contributed by atoms with van der Waals surface area (Å²) >= 11 is 0. The predicted molar refractivity (Wildman–Crippen MR) is 77.2 cm³/mol. The van der Waals surface area contributed by atoms with Crippen molar-refractivity contribution in [3.8, 4) is 11.5 Å². The lowest BCUT2D eigenvalue weighted by molar-refractivity contribution is -0.114. The van der Waals surface area contributed by atoms with Gasteiger partial charge in [-0.2, -0.15) is 0 Å². The maximum absolute atomic E-state index is 11.6. The number of hydrogen-bond acceptors (Lipinski definition) is 3. The number of unbranched alkanes of at least 4 members (excludes halogenated alkanes) is 4. The van der Waals surface area contributed by atoms with E-state index in [4.69, 9.17) is 5.11 Å². The Morgan fingerprint density at radius 1 is 1.11 bits per heavy atom. The Bertz CT molecular complexity index is 436. The van der Waals surface area contributed by atoms with Gasteiger partial charge in [0.25, 0.3) is 0 Å². The van der Waals surface area contributed by atoms with Gasteiger partial charge >= 0.3 is 0 Å². The second-order valence-electron chi connectivity index (χ2n) is 4.71. The van der Waals surface area contributed by atoms with Crippen LogP contribution in [0.15, 0.2) is 24.3 Å². The Hall–Kier alpha value is -1.77. The Morgan fingerprint density at radius 2 is 1.84 bits per heavy atom. The van der Waals surface area contributed by atoms with Crippen LogP contribution in [-0.2, 0) is 4.79 Å². The quantitative estimate of drug-likeness (QED) is 0.422. The number of benzene rings is 1. The molecule has 19 heavy (non-hydrogen) atoms. The molecule has 0 fully saturated rings. The van der Waals surface area contributed by atoms with Crippen LogP contribution in [0.4, 0.5) is 0 Å². The van der Waals surface area contributed by atoms with Gasteiger partial charge in [-0.3, -0.25) is 4.79 Å². The monoisotopic (exact) mass is 262 g/mol. The molecule has 0 saturated heterocycles. The van der Waals surface area contributed by atoms with Gasteiger partial charge in [-0.1, -0.05) is 44.7 Å². The van der Waals surface area contributed by atoms with Gasteiger partial charge in [-0.25, -0.2) is 0 Å². The van der Waals surface area contributed by atoms with Crippen molar-refractivity contribution in [3.63, 3.8) is 0 Å². The Balaban J connectivity index is 2.34. The van der Waals surface area contributed by atoms with Gasteiger partial charge in [0.15, 0.2) is 17.3 Å². The molecule has 3 nitrogen and oxygen atoms in total. The van der Waals surface area contributed by atoms with Crippen LogP contribution < -0.4 is 0 Å². The van der Waals surface area contributed by atoms with Crippen molar-refractivity contribution in [1.29, 1.82) is 0 Å². The number of carbonyl (C=O) groups is 1. The standard InChI is InChI=1S/C16H22O3/c1-2-3-4-5-6-7-14(17)10-8-13-9-11-15(18)16(19)12-13/h8-12,18-19H,2-7H2,1H3/b10-8+. The molecule has 0 spiro atoms. The number of phenolic OH excluding ortho intramolecular Hbond substituents is 2. The first-order valence-corrected chi connectivity index (χ1v) is 6.86. The molecule has 3 heteroatoms. The molecule has 0 aromatic heterocycles. The van der Waals surface area contributed by atoms with Crippen molar-refractivity contribution < 1.29 is 15.0 Å². The lowest BCUT2D eigenvalue weighted by Gasteiger charge is -1.99. The number of carbonyl (C=O) groups excluding carboxylic acids is 1.